The van der Waals surface area contributed by atoms with Crippen molar-refractivity contribution in [3.63, 3.8) is 0 Å². The minimum Gasteiger partial charge on any atom is -0.412 e. The first-order valence-corrected chi connectivity index (χ1v) is 9.52. The summed E-state index contributed by atoms with van der Waals surface area (Å²) in [5.41, 5.74) is 0. The number of allylic oxidation sites excluding steroid dienone is 1. The quantitative estimate of drug-likeness (QED) is 0.204. The Hall–Kier alpha value is -0.300. The predicted octanol–water partition coefficient (Wildman–Crippen LogP) is 7.00. The van der Waals surface area contributed by atoms with Crippen LogP contribution in [0.15, 0.2) is 12.7 Å². The summed E-state index contributed by atoms with van der Waals surface area (Å²) in [5, 5.41) is 0. The van der Waals surface area contributed by atoms with Crippen molar-refractivity contribution >= 4 is 0 Å². The van der Waals surface area contributed by atoms with Crippen LogP contribution in [0.3, 0.4) is 0 Å². The van der Waals surface area contributed by atoms with Crippen molar-refractivity contribution < 1.29 is 5.48 Å². The van der Waals surface area contributed by atoms with E-state index in [9.17, 15) is 0 Å². The molecule has 0 aromatic carbocycles. The highest BCUT2D eigenvalue weighted by molar-refractivity contribution is 4.65. The Labute approximate surface area is 134 Å². The third kappa shape index (κ3) is 22.1. The van der Waals surface area contributed by atoms with Crippen molar-refractivity contribution in [2.75, 3.05) is 0 Å². The molecule has 128 valence electrons. The molecule has 0 aliphatic heterocycles. The molecular formula is C20H42O. The van der Waals surface area contributed by atoms with E-state index in [0.717, 1.165) is 0 Å². The van der Waals surface area contributed by atoms with Gasteiger partial charge >= 0.3 is 0 Å². The summed E-state index contributed by atoms with van der Waals surface area (Å²) in [6, 6.07) is 0. The zero-order chi connectivity index (χ0) is 14.7. The minimum atomic E-state index is 0. The largest absolute Gasteiger partial charge is 0.412 e. The Morgan fingerprint density at radius 2 is 0.810 bits per heavy atom. The summed E-state index contributed by atoms with van der Waals surface area (Å²) in [5.74, 6) is 0. The molecule has 0 atom stereocenters. The van der Waals surface area contributed by atoms with Crippen LogP contribution in [-0.2, 0) is 0 Å². The number of hydrogen-bond acceptors (Lipinski definition) is 0. The maximum atomic E-state index is 3.77. The summed E-state index contributed by atoms with van der Waals surface area (Å²) in [7, 11) is 0. The number of rotatable bonds is 17. The van der Waals surface area contributed by atoms with Crippen LogP contribution in [0.1, 0.15) is 116 Å². The van der Waals surface area contributed by atoms with Gasteiger partial charge in [0.15, 0.2) is 0 Å². The molecule has 21 heavy (non-hydrogen) atoms. The van der Waals surface area contributed by atoms with E-state index in [4.69, 9.17) is 0 Å². The van der Waals surface area contributed by atoms with Gasteiger partial charge in [-0.1, -0.05) is 109 Å². The van der Waals surface area contributed by atoms with Gasteiger partial charge in [-0.15, -0.1) is 6.58 Å². The molecule has 0 saturated carbocycles. The molecule has 0 radical (unpaired) electrons. The molecule has 0 spiro atoms. The molecule has 0 aliphatic carbocycles. The van der Waals surface area contributed by atoms with Gasteiger partial charge in [0.2, 0.25) is 0 Å². The fourth-order valence-electron chi connectivity index (χ4n) is 2.84. The van der Waals surface area contributed by atoms with E-state index in [0.29, 0.717) is 0 Å². The molecule has 0 bridgehead atoms. The van der Waals surface area contributed by atoms with E-state index >= 15 is 0 Å². The van der Waals surface area contributed by atoms with Crippen LogP contribution in [0, 0.1) is 0 Å². The van der Waals surface area contributed by atoms with Crippen LogP contribution < -0.4 is 0 Å². The predicted molar refractivity (Wildman–Crippen MR) is 98.0 cm³/mol. The van der Waals surface area contributed by atoms with Crippen molar-refractivity contribution in [2.24, 2.45) is 0 Å². The lowest BCUT2D eigenvalue weighted by Crippen LogP contribution is -1.83. The normalized spacial score (nSPS) is 10.3. The van der Waals surface area contributed by atoms with Crippen LogP contribution in [0.5, 0.6) is 0 Å². The summed E-state index contributed by atoms with van der Waals surface area (Å²) in [4.78, 5) is 0. The van der Waals surface area contributed by atoms with Crippen LogP contribution >= 0.6 is 0 Å². The van der Waals surface area contributed by atoms with Gasteiger partial charge < -0.3 is 5.48 Å². The van der Waals surface area contributed by atoms with Gasteiger partial charge in [-0.3, -0.25) is 0 Å². The third-order valence-electron chi connectivity index (χ3n) is 4.26. The van der Waals surface area contributed by atoms with Crippen molar-refractivity contribution in [3.05, 3.63) is 12.7 Å². The Morgan fingerprint density at radius 1 is 0.524 bits per heavy atom. The Morgan fingerprint density at radius 3 is 1.10 bits per heavy atom. The van der Waals surface area contributed by atoms with E-state index in [1.165, 1.54) is 109 Å². The Bertz CT molecular complexity index is 177. The Balaban J connectivity index is 0. The first kappa shape index (κ1) is 23.0. The monoisotopic (exact) mass is 298 g/mol. The summed E-state index contributed by atoms with van der Waals surface area (Å²) < 4.78 is 0. The van der Waals surface area contributed by atoms with E-state index in [2.05, 4.69) is 13.5 Å². The molecule has 0 unspecified atom stereocenters. The standard InChI is InChI=1S/C20H40.H2O/c1-3-5-7-9-11-13-15-17-19-20-18-16-14-12-10-8-6-4-2;/h3H,1,4-20H2,2H3;1H2. The van der Waals surface area contributed by atoms with Gasteiger partial charge in [0.25, 0.3) is 0 Å². The van der Waals surface area contributed by atoms with Crippen LogP contribution in [-0.4, -0.2) is 5.48 Å². The lowest BCUT2D eigenvalue weighted by molar-refractivity contribution is 0.530. The molecule has 0 amide bonds. The lowest BCUT2D eigenvalue weighted by atomic mass is 10.0. The van der Waals surface area contributed by atoms with Crippen molar-refractivity contribution in [1.29, 1.82) is 0 Å². The smallest absolute Gasteiger partial charge is 0.0353 e. The van der Waals surface area contributed by atoms with Gasteiger partial charge in [-0.25, -0.2) is 0 Å². The highest BCUT2D eigenvalue weighted by Gasteiger charge is 1.94. The van der Waals surface area contributed by atoms with E-state index < -0.39 is 0 Å². The highest BCUT2D eigenvalue weighted by Crippen LogP contribution is 2.13. The minimum absolute atomic E-state index is 0. The van der Waals surface area contributed by atoms with E-state index in [1.807, 2.05) is 6.08 Å². The van der Waals surface area contributed by atoms with E-state index in [1.54, 1.807) is 0 Å². The van der Waals surface area contributed by atoms with Crippen molar-refractivity contribution in [2.45, 2.75) is 116 Å². The molecule has 0 fully saturated rings. The molecule has 0 aromatic heterocycles. The Kier molecular flexibility index (Phi) is 24.1. The molecular weight excluding hydrogens is 256 g/mol. The topological polar surface area (TPSA) is 31.5 Å². The lowest BCUT2D eigenvalue weighted by Gasteiger charge is -2.03. The fraction of sp³-hybridized carbons (Fsp3) is 0.900. The first-order valence-electron chi connectivity index (χ1n) is 9.52. The first-order chi connectivity index (χ1) is 9.91. The molecule has 0 aliphatic rings. The third-order valence-corrected chi connectivity index (χ3v) is 4.26. The molecule has 0 rings (SSSR count). The van der Waals surface area contributed by atoms with Gasteiger partial charge in [-0.2, -0.15) is 0 Å². The SMILES string of the molecule is C=CCCCCCCCCCCCCCCCCCC.O. The number of hydrogen-bond donors (Lipinski definition) is 0. The second-order valence-corrected chi connectivity index (χ2v) is 6.38. The number of unbranched alkanes of at least 4 members (excludes halogenated alkanes) is 16. The molecule has 2 N–H and O–H groups in total. The fourth-order valence-corrected chi connectivity index (χ4v) is 2.84. The van der Waals surface area contributed by atoms with E-state index in [-0.39, 0.29) is 5.48 Å². The van der Waals surface area contributed by atoms with Gasteiger partial charge in [-0.05, 0) is 12.8 Å². The van der Waals surface area contributed by atoms with Crippen molar-refractivity contribution in [1.82, 2.24) is 0 Å². The van der Waals surface area contributed by atoms with Crippen LogP contribution in [0.4, 0.5) is 0 Å². The van der Waals surface area contributed by atoms with Gasteiger partial charge in [0.1, 0.15) is 0 Å². The summed E-state index contributed by atoms with van der Waals surface area (Å²) in [6.45, 7) is 6.06. The molecule has 0 heterocycles. The zero-order valence-electron chi connectivity index (χ0n) is 14.8. The molecule has 0 aromatic rings. The second kappa shape index (κ2) is 22.0. The average molecular weight is 299 g/mol. The maximum Gasteiger partial charge on any atom is -0.0353 e. The average Bonchev–Trinajstić information content (AvgIpc) is 2.47. The molecule has 1 nitrogen and oxygen atoms in total. The summed E-state index contributed by atoms with van der Waals surface area (Å²) >= 11 is 0. The molecule has 1 heteroatoms. The molecule has 0 saturated heterocycles. The van der Waals surface area contributed by atoms with Crippen LogP contribution in [0.2, 0.25) is 0 Å². The van der Waals surface area contributed by atoms with Gasteiger partial charge in [0.05, 0.1) is 0 Å². The maximum absolute atomic E-state index is 3.77. The summed E-state index contributed by atoms with van der Waals surface area (Å²) in [6.07, 6.45) is 26.4. The second-order valence-electron chi connectivity index (χ2n) is 6.38. The zero-order valence-corrected chi connectivity index (χ0v) is 14.8. The van der Waals surface area contributed by atoms with Crippen LogP contribution in [0.25, 0.3) is 0 Å². The highest BCUT2D eigenvalue weighted by atomic mass is 16.0. The van der Waals surface area contributed by atoms with Crippen molar-refractivity contribution in [3.8, 4) is 0 Å². The van der Waals surface area contributed by atoms with Gasteiger partial charge in [0, 0.05) is 0 Å².